The molecule has 1 unspecified atom stereocenters. The number of halogens is 1. The van der Waals surface area contributed by atoms with Gasteiger partial charge >= 0.3 is 0 Å². The van der Waals surface area contributed by atoms with Gasteiger partial charge in [-0.2, -0.15) is 0 Å². The van der Waals surface area contributed by atoms with Crippen LogP contribution in [0.2, 0.25) is 0 Å². The molecule has 1 atom stereocenters. The van der Waals surface area contributed by atoms with Crippen LogP contribution in [0.15, 0.2) is 22.7 Å². The van der Waals surface area contributed by atoms with Crippen LogP contribution >= 0.6 is 15.9 Å². The van der Waals surface area contributed by atoms with Gasteiger partial charge in [0, 0.05) is 36.7 Å². The maximum Gasteiger partial charge on any atom is 0.0245 e. The SMILES string of the molecule is CCCNCc1ccc(CN2CCC(N(C)C)C2)c(Br)c1. The zero-order valence-electron chi connectivity index (χ0n) is 13.5. The van der Waals surface area contributed by atoms with Crippen molar-refractivity contribution in [3.63, 3.8) is 0 Å². The molecule has 0 aliphatic carbocycles. The van der Waals surface area contributed by atoms with Crippen molar-refractivity contribution in [1.29, 1.82) is 0 Å². The lowest BCUT2D eigenvalue weighted by Gasteiger charge is -2.21. The van der Waals surface area contributed by atoms with E-state index in [1.54, 1.807) is 0 Å². The summed E-state index contributed by atoms with van der Waals surface area (Å²) in [5.41, 5.74) is 2.75. The quantitative estimate of drug-likeness (QED) is 0.760. The zero-order chi connectivity index (χ0) is 15.2. The number of likely N-dealkylation sites (N-methyl/N-ethyl adjacent to an activating group) is 1. The molecule has 118 valence electrons. The molecule has 1 heterocycles. The second-order valence-corrected chi connectivity index (χ2v) is 7.10. The number of nitrogens with one attached hydrogen (secondary N) is 1. The molecule has 1 N–H and O–H groups in total. The fourth-order valence-corrected chi connectivity index (χ4v) is 3.41. The highest BCUT2D eigenvalue weighted by atomic mass is 79.9. The molecule has 1 aliphatic rings. The van der Waals surface area contributed by atoms with Gasteiger partial charge < -0.3 is 10.2 Å². The van der Waals surface area contributed by atoms with Gasteiger partial charge in [-0.25, -0.2) is 0 Å². The average molecular weight is 354 g/mol. The van der Waals surface area contributed by atoms with E-state index in [1.165, 1.54) is 41.5 Å². The molecule has 2 rings (SSSR count). The summed E-state index contributed by atoms with van der Waals surface area (Å²) in [5, 5.41) is 3.45. The third-order valence-corrected chi connectivity index (χ3v) is 4.98. The van der Waals surface area contributed by atoms with Crippen molar-refractivity contribution >= 4 is 15.9 Å². The number of rotatable bonds is 7. The van der Waals surface area contributed by atoms with Gasteiger partial charge in [0.2, 0.25) is 0 Å². The molecule has 1 aromatic carbocycles. The van der Waals surface area contributed by atoms with Crippen LogP contribution in [-0.4, -0.2) is 49.6 Å². The van der Waals surface area contributed by atoms with Crippen LogP contribution in [0.4, 0.5) is 0 Å². The Labute approximate surface area is 137 Å². The monoisotopic (exact) mass is 353 g/mol. The predicted octanol–water partition coefficient (Wildman–Crippen LogP) is 3.08. The molecule has 1 aliphatic heterocycles. The van der Waals surface area contributed by atoms with Crippen LogP contribution in [0.5, 0.6) is 0 Å². The van der Waals surface area contributed by atoms with Crippen LogP contribution in [0.1, 0.15) is 30.9 Å². The van der Waals surface area contributed by atoms with E-state index < -0.39 is 0 Å². The molecule has 0 spiro atoms. The summed E-state index contributed by atoms with van der Waals surface area (Å²) in [7, 11) is 4.37. The first kappa shape index (κ1) is 16.9. The Balaban J connectivity index is 1.89. The fourth-order valence-electron chi connectivity index (χ4n) is 2.86. The van der Waals surface area contributed by atoms with Crippen LogP contribution < -0.4 is 5.32 Å². The number of hydrogen-bond donors (Lipinski definition) is 1. The lowest BCUT2D eigenvalue weighted by atomic mass is 10.1. The van der Waals surface area contributed by atoms with Gasteiger partial charge in [0.1, 0.15) is 0 Å². The molecule has 1 aromatic rings. The van der Waals surface area contributed by atoms with Crippen molar-refractivity contribution in [2.24, 2.45) is 0 Å². The second kappa shape index (κ2) is 8.28. The molecule has 1 fully saturated rings. The Morgan fingerprint density at radius 2 is 2.19 bits per heavy atom. The number of nitrogens with zero attached hydrogens (tertiary/aromatic N) is 2. The molecule has 0 aromatic heterocycles. The van der Waals surface area contributed by atoms with Gasteiger partial charge in [0.25, 0.3) is 0 Å². The maximum absolute atomic E-state index is 3.74. The Morgan fingerprint density at radius 1 is 1.38 bits per heavy atom. The first-order valence-electron chi connectivity index (χ1n) is 7.97. The molecule has 0 radical (unpaired) electrons. The van der Waals surface area contributed by atoms with Crippen molar-refractivity contribution in [2.45, 2.75) is 38.9 Å². The summed E-state index contributed by atoms with van der Waals surface area (Å²) >= 11 is 3.74. The smallest absolute Gasteiger partial charge is 0.0245 e. The molecule has 4 heteroatoms. The minimum absolute atomic E-state index is 0.710. The Morgan fingerprint density at radius 3 is 2.81 bits per heavy atom. The standard InChI is InChI=1S/C17H28BrN3/c1-4-8-19-11-14-5-6-15(17(18)10-14)12-21-9-7-16(13-21)20(2)3/h5-6,10,16,19H,4,7-9,11-13H2,1-3H3. The highest BCUT2D eigenvalue weighted by molar-refractivity contribution is 9.10. The molecule has 0 bridgehead atoms. The third-order valence-electron chi connectivity index (χ3n) is 4.25. The number of hydrogen-bond acceptors (Lipinski definition) is 3. The predicted molar refractivity (Wildman–Crippen MR) is 93.5 cm³/mol. The van der Waals surface area contributed by atoms with E-state index in [0.29, 0.717) is 6.04 Å². The van der Waals surface area contributed by atoms with Gasteiger partial charge in [0.15, 0.2) is 0 Å². The van der Waals surface area contributed by atoms with E-state index in [4.69, 9.17) is 0 Å². The van der Waals surface area contributed by atoms with Crippen LogP contribution in [0.3, 0.4) is 0 Å². The summed E-state index contributed by atoms with van der Waals surface area (Å²) in [6, 6.07) is 7.50. The first-order chi connectivity index (χ1) is 10.1. The van der Waals surface area contributed by atoms with Gasteiger partial charge in [-0.3, -0.25) is 4.90 Å². The topological polar surface area (TPSA) is 18.5 Å². The maximum atomic E-state index is 3.74. The van der Waals surface area contributed by atoms with Crippen LogP contribution in [0, 0.1) is 0 Å². The minimum Gasteiger partial charge on any atom is -0.313 e. The van der Waals surface area contributed by atoms with Crippen molar-refractivity contribution in [1.82, 2.24) is 15.1 Å². The lowest BCUT2D eigenvalue weighted by Crippen LogP contribution is -2.31. The summed E-state index contributed by atoms with van der Waals surface area (Å²) in [6.07, 6.45) is 2.46. The molecule has 0 saturated carbocycles. The molecular weight excluding hydrogens is 326 g/mol. The third kappa shape index (κ3) is 5.06. The summed E-state index contributed by atoms with van der Waals surface area (Å²) in [4.78, 5) is 4.90. The van der Waals surface area contributed by atoms with Gasteiger partial charge in [0.05, 0.1) is 0 Å². The number of benzene rings is 1. The Hall–Kier alpha value is -0.420. The van der Waals surface area contributed by atoms with Crippen molar-refractivity contribution < 1.29 is 0 Å². The van der Waals surface area contributed by atoms with E-state index in [0.717, 1.165) is 19.6 Å². The lowest BCUT2D eigenvalue weighted by molar-refractivity contribution is 0.264. The molecule has 21 heavy (non-hydrogen) atoms. The summed E-state index contributed by atoms with van der Waals surface area (Å²) in [6.45, 7) is 7.67. The van der Waals surface area contributed by atoms with Gasteiger partial charge in [-0.05, 0) is 50.7 Å². The van der Waals surface area contributed by atoms with Crippen molar-refractivity contribution in [3.05, 3.63) is 33.8 Å². The highest BCUT2D eigenvalue weighted by Gasteiger charge is 2.24. The zero-order valence-corrected chi connectivity index (χ0v) is 15.1. The first-order valence-corrected chi connectivity index (χ1v) is 8.76. The highest BCUT2D eigenvalue weighted by Crippen LogP contribution is 2.23. The van der Waals surface area contributed by atoms with Crippen molar-refractivity contribution in [2.75, 3.05) is 33.7 Å². The molecule has 3 nitrogen and oxygen atoms in total. The van der Waals surface area contributed by atoms with Gasteiger partial charge in [-0.1, -0.05) is 35.0 Å². The summed E-state index contributed by atoms with van der Waals surface area (Å²) in [5.74, 6) is 0. The van der Waals surface area contributed by atoms with Crippen molar-refractivity contribution in [3.8, 4) is 0 Å². The molecule has 1 saturated heterocycles. The average Bonchev–Trinajstić information content (AvgIpc) is 2.91. The van der Waals surface area contributed by atoms with E-state index in [9.17, 15) is 0 Å². The van der Waals surface area contributed by atoms with E-state index in [1.807, 2.05) is 0 Å². The van der Waals surface area contributed by atoms with Crippen LogP contribution in [0.25, 0.3) is 0 Å². The Bertz CT molecular complexity index is 448. The Kier molecular flexibility index (Phi) is 6.68. The largest absolute Gasteiger partial charge is 0.313 e. The normalized spacial score (nSPS) is 19.6. The van der Waals surface area contributed by atoms with E-state index in [-0.39, 0.29) is 0 Å². The summed E-state index contributed by atoms with van der Waals surface area (Å²) < 4.78 is 1.24. The van der Waals surface area contributed by atoms with E-state index in [2.05, 4.69) is 70.3 Å². The second-order valence-electron chi connectivity index (χ2n) is 6.24. The van der Waals surface area contributed by atoms with E-state index >= 15 is 0 Å². The number of likely N-dealkylation sites (tertiary alicyclic amines) is 1. The van der Waals surface area contributed by atoms with Crippen LogP contribution in [-0.2, 0) is 13.1 Å². The fraction of sp³-hybridized carbons (Fsp3) is 0.647. The van der Waals surface area contributed by atoms with Gasteiger partial charge in [-0.15, -0.1) is 0 Å². The minimum atomic E-state index is 0.710. The molecular formula is C17H28BrN3. The molecule has 0 amide bonds.